The Labute approximate surface area is 128 Å². The van der Waals surface area contributed by atoms with Crippen LogP contribution in [-0.4, -0.2) is 11.5 Å². The summed E-state index contributed by atoms with van der Waals surface area (Å²) in [7, 11) is 0. The third-order valence-corrected chi connectivity index (χ3v) is 4.75. The lowest BCUT2D eigenvalue weighted by Crippen LogP contribution is -2.09. The zero-order valence-corrected chi connectivity index (χ0v) is 12.8. The van der Waals surface area contributed by atoms with Crippen LogP contribution in [0.5, 0.6) is 0 Å². The number of hydrogen-bond acceptors (Lipinski definition) is 2. The molecule has 0 N–H and O–H groups in total. The van der Waals surface area contributed by atoms with E-state index in [0.717, 1.165) is 21.5 Å². The van der Waals surface area contributed by atoms with Crippen LogP contribution in [0.15, 0.2) is 51.8 Å². The van der Waals surface area contributed by atoms with Crippen LogP contribution < -0.4 is 0 Å². The summed E-state index contributed by atoms with van der Waals surface area (Å²) in [5.41, 5.74) is -0.162. The largest absolute Gasteiger partial charge is 0.298 e. The topological polar surface area (TPSA) is 17.1 Å². The van der Waals surface area contributed by atoms with Gasteiger partial charge < -0.3 is 0 Å². The Bertz CT molecular complexity index is 611. The van der Waals surface area contributed by atoms with E-state index in [0.29, 0.717) is 0 Å². The fourth-order valence-electron chi connectivity index (χ4n) is 1.67. The van der Waals surface area contributed by atoms with Crippen molar-refractivity contribution < 1.29 is 13.6 Å². The predicted molar refractivity (Wildman–Crippen MR) is 79.9 cm³/mol. The summed E-state index contributed by atoms with van der Waals surface area (Å²) in [6, 6.07) is 11.1. The van der Waals surface area contributed by atoms with Gasteiger partial charge in [0.2, 0.25) is 0 Å². The molecule has 0 spiro atoms. The molecule has 104 valence electrons. The van der Waals surface area contributed by atoms with Gasteiger partial charge in [-0.1, -0.05) is 18.2 Å². The van der Waals surface area contributed by atoms with E-state index in [1.165, 1.54) is 17.8 Å². The second-order valence-corrected chi connectivity index (χ2v) is 6.01. The molecular weight excluding hydrogens is 346 g/mol. The van der Waals surface area contributed by atoms with Crippen molar-refractivity contribution in [2.24, 2.45) is 0 Å². The van der Waals surface area contributed by atoms with Gasteiger partial charge in [-0.05, 0) is 40.2 Å². The van der Waals surface area contributed by atoms with Gasteiger partial charge in [0.15, 0.2) is 0 Å². The average molecular weight is 357 g/mol. The molecule has 1 nitrogen and oxygen atoms in total. The summed E-state index contributed by atoms with van der Waals surface area (Å²) in [6.45, 7) is 0. The van der Waals surface area contributed by atoms with Crippen LogP contribution in [0.2, 0.25) is 0 Å². The predicted octanol–water partition coefficient (Wildman–Crippen LogP) is 4.63. The minimum atomic E-state index is -0.677. The molecule has 0 radical (unpaired) electrons. The van der Waals surface area contributed by atoms with E-state index in [9.17, 15) is 13.6 Å². The first-order valence-corrected chi connectivity index (χ1v) is 7.67. The summed E-state index contributed by atoms with van der Waals surface area (Å²) in [5, 5.41) is 0. The smallest absolute Gasteiger partial charge is 0.147 e. The third-order valence-electron chi connectivity index (χ3n) is 2.66. The van der Waals surface area contributed by atoms with Crippen molar-refractivity contribution in [2.75, 3.05) is 5.75 Å². The van der Waals surface area contributed by atoms with Crippen LogP contribution in [-0.2, 0) is 11.2 Å². The van der Waals surface area contributed by atoms with Gasteiger partial charge >= 0.3 is 0 Å². The maximum absolute atomic E-state index is 13.4. The summed E-state index contributed by atoms with van der Waals surface area (Å²) < 4.78 is 27.8. The summed E-state index contributed by atoms with van der Waals surface area (Å²) in [5.74, 6) is -1.39. The highest BCUT2D eigenvalue weighted by molar-refractivity contribution is 9.10. The van der Waals surface area contributed by atoms with E-state index in [1.807, 2.05) is 24.3 Å². The van der Waals surface area contributed by atoms with E-state index in [2.05, 4.69) is 15.9 Å². The first-order chi connectivity index (χ1) is 9.58. The molecule has 0 heterocycles. The lowest BCUT2D eigenvalue weighted by Gasteiger charge is -2.05. The van der Waals surface area contributed by atoms with Crippen molar-refractivity contribution in [3.05, 3.63) is 64.1 Å². The zero-order chi connectivity index (χ0) is 14.5. The van der Waals surface area contributed by atoms with Crippen molar-refractivity contribution in [2.45, 2.75) is 11.3 Å². The number of ketones is 1. The van der Waals surface area contributed by atoms with Crippen LogP contribution in [0.3, 0.4) is 0 Å². The summed E-state index contributed by atoms with van der Waals surface area (Å²) in [6.07, 6.45) is -0.226. The quantitative estimate of drug-likeness (QED) is 0.726. The normalized spacial score (nSPS) is 10.6. The minimum absolute atomic E-state index is 0.162. The molecule has 0 aliphatic heterocycles. The van der Waals surface area contributed by atoms with Crippen molar-refractivity contribution in [1.29, 1.82) is 0 Å². The molecule has 0 saturated heterocycles. The molecule has 20 heavy (non-hydrogen) atoms. The zero-order valence-electron chi connectivity index (χ0n) is 10.4. The lowest BCUT2D eigenvalue weighted by atomic mass is 10.1. The number of Topliss-reactive ketones (excluding diaryl/α,β-unsaturated/α-hetero) is 1. The van der Waals surface area contributed by atoms with Crippen molar-refractivity contribution in [3.63, 3.8) is 0 Å². The van der Waals surface area contributed by atoms with Gasteiger partial charge in [-0.15, -0.1) is 11.8 Å². The van der Waals surface area contributed by atoms with E-state index in [-0.39, 0.29) is 23.5 Å². The molecule has 0 unspecified atom stereocenters. The summed E-state index contributed by atoms with van der Waals surface area (Å²) >= 11 is 4.73. The lowest BCUT2D eigenvalue weighted by molar-refractivity contribution is -0.116. The molecule has 2 rings (SSSR count). The molecule has 2 aromatic rings. The van der Waals surface area contributed by atoms with Crippen molar-refractivity contribution >= 4 is 33.5 Å². The highest BCUT2D eigenvalue weighted by atomic mass is 79.9. The highest BCUT2D eigenvalue weighted by Crippen LogP contribution is 2.27. The number of halogens is 3. The Kier molecular flexibility index (Phi) is 5.31. The second-order valence-electron chi connectivity index (χ2n) is 4.13. The first kappa shape index (κ1) is 15.2. The van der Waals surface area contributed by atoms with Crippen LogP contribution in [0.4, 0.5) is 8.78 Å². The SMILES string of the molecule is O=C(CSc1ccccc1Br)Cc1c(F)cccc1F. The van der Waals surface area contributed by atoms with Crippen molar-refractivity contribution in [3.8, 4) is 0 Å². The van der Waals surface area contributed by atoms with Gasteiger partial charge in [-0.3, -0.25) is 4.79 Å². The van der Waals surface area contributed by atoms with Crippen LogP contribution >= 0.6 is 27.7 Å². The second kappa shape index (κ2) is 6.99. The van der Waals surface area contributed by atoms with E-state index in [1.54, 1.807) is 0 Å². The molecule has 0 aliphatic carbocycles. The molecule has 0 aromatic heterocycles. The fraction of sp³-hybridized carbons (Fsp3) is 0.133. The number of benzene rings is 2. The minimum Gasteiger partial charge on any atom is -0.298 e. The number of rotatable bonds is 5. The molecule has 2 aromatic carbocycles. The Morgan fingerprint density at radius 3 is 2.35 bits per heavy atom. The molecule has 0 saturated carbocycles. The molecule has 0 bridgehead atoms. The average Bonchev–Trinajstić information content (AvgIpc) is 2.42. The Hall–Kier alpha value is -1.20. The Morgan fingerprint density at radius 1 is 1.05 bits per heavy atom. The van der Waals surface area contributed by atoms with Gasteiger partial charge in [0.05, 0.1) is 5.75 Å². The molecule has 0 fully saturated rings. The maximum Gasteiger partial charge on any atom is 0.147 e. The monoisotopic (exact) mass is 356 g/mol. The van der Waals surface area contributed by atoms with Gasteiger partial charge in [0.25, 0.3) is 0 Å². The fourth-order valence-corrected chi connectivity index (χ4v) is 3.10. The first-order valence-electron chi connectivity index (χ1n) is 5.90. The van der Waals surface area contributed by atoms with Crippen LogP contribution in [0.1, 0.15) is 5.56 Å². The van der Waals surface area contributed by atoms with Gasteiger partial charge in [0.1, 0.15) is 17.4 Å². The molecule has 5 heteroatoms. The van der Waals surface area contributed by atoms with Gasteiger partial charge in [0, 0.05) is 21.4 Å². The standard InChI is InChI=1S/C15H11BrF2OS/c16-12-4-1-2-7-15(12)20-9-10(19)8-11-13(17)5-3-6-14(11)18/h1-7H,8-9H2. The van der Waals surface area contributed by atoms with Crippen LogP contribution in [0, 0.1) is 11.6 Å². The van der Waals surface area contributed by atoms with E-state index < -0.39 is 11.6 Å². The Balaban J connectivity index is 1.98. The number of thioether (sulfide) groups is 1. The summed E-state index contributed by atoms with van der Waals surface area (Å²) in [4.78, 5) is 12.8. The number of hydrogen-bond donors (Lipinski definition) is 0. The Morgan fingerprint density at radius 2 is 1.70 bits per heavy atom. The van der Waals surface area contributed by atoms with E-state index in [4.69, 9.17) is 0 Å². The van der Waals surface area contributed by atoms with Gasteiger partial charge in [-0.25, -0.2) is 8.78 Å². The maximum atomic E-state index is 13.4. The van der Waals surface area contributed by atoms with Crippen molar-refractivity contribution in [1.82, 2.24) is 0 Å². The molecule has 0 aliphatic rings. The highest BCUT2D eigenvalue weighted by Gasteiger charge is 2.13. The van der Waals surface area contributed by atoms with Crippen LogP contribution in [0.25, 0.3) is 0 Å². The van der Waals surface area contributed by atoms with E-state index >= 15 is 0 Å². The molecule has 0 atom stereocenters. The third kappa shape index (κ3) is 3.90. The molecular formula is C15H11BrF2OS. The number of carbonyl (C=O) groups excluding carboxylic acids is 1. The van der Waals surface area contributed by atoms with Gasteiger partial charge in [-0.2, -0.15) is 0 Å². The number of carbonyl (C=O) groups is 1. The molecule has 0 amide bonds.